The molecule has 110 valence electrons. The van der Waals surface area contributed by atoms with Crippen LogP contribution < -0.4 is 10.9 Å². The third-order valence-corrected chi connectivity index (χ3v) is 2.93. The Labute approximate surface area is 121 Å². The summed E-state index contributed by atoms with van der Waals surface area (Å²) in [5.74, 6) is 0.770. The molecule has 1 N–H and O–H groups in total. The molecule has 0 aliphatic rings. The summed E-state index contributed by atoms with van der Waals surface area (Å²) in [4.78, 5) is 26.2. The minimum atomic E-state index is -0.672. The van der Waals surface area contributed by atoms with Gasteiger partial charge in [0.25, 0.3) is 0 Å². The van der Waals surface area contributed by atoms with Crippen LogP contribution in [-0.2, 0) is 6.54 Å². The fourth-order valence-corrected chi connectivity index (χ4v) is 1.86. The molecule has 7 heteroatoms. The summed E-state index contributed by atoms with van der Waals surface area (Å²) in [5.41, 5.74) is -0.234. The van der Waals surface area contributed by atoms with Gasteiger partial charge in [-0.2, -0.15) is 0 Å². The number of nitrogens with zero attached hydrogens (tertiary/aromatic N) is 3. The van der Waals surface area contributed by atoms with Crippen molar-refractivity contribution in [3.05, 3.63) is 62.7 Å². The molecule has 0 bridgehead atoms. The van der Waals surface area contributed by atoms with Crippen molar-refractivity contribution in [2.45, 2.75) is 19.9 Å². The van der Waals surface area contributed by atoms with E-state index in [-0.39, 0.29) is 6.54 Å². The highest BCUT2D eigenvalue weighted by Gasteiger charge is 2.13. The molecule has 7 nitrogen and oxygen atoms in total. The molecule has 0 aliphatic heterocycles. The second kappa shape index (κ2) is 6.65. The Morgan fingerprint density at radius 3 is 2.81 bits per heavy atom. The van der Waals surface area contributed by atoms with Crippen LogP contribution in [0.5, 0.6) is 0 Å². The number of pyridine rings is 2. The fraction of sp³-hybridized carbons (Fsp3) is 0.286. The van der Waals surface area contributed by atoms with Crippen LogP contribution >= 0.6 is 0 Å². The highest BCUT2D eigenvalue weighted by atomic mass is 16.6. The molecule has 2 aromatic heterocycles. The molecule has 0 fully saturated rings. The summed E-state index contributed by atoms with van der Waals surface area (Å²) in [6, 6.07) is 6.36. The molecule has 0 aromatic carbocycles. The van der Waals surface area contributed by atoms with Crippen LogP contribution in [0.25, 0.3) is 0 Å². The molecule has 0 atom stereocenters. The predicted octanol–water partition coefficient (Wildman–Crippen LogP) is 2.02. The van der Waals surface area contributed by atoms with Gasteiger partial charge in [-0.05, 0) is 24.1 Å². The lowest BCUT2D eigenvalue weighted by Crippen LogP contribution is -2.22. The molecular weight excluding hydrogens is 272 g/mol. The third-order valence-electron chi connectivity index (χ3n) is 2.93. The van der Waals surface area contributed by atoms with Crippen LogP contribution in [-0.4, -0.2) is 21.0 Å². The molecule has 0 amide bonds. The standard InChI is InChI=1S/C14H16N4O3/c1-2-7-15-13-6-5-11(9-16-13)10-17-8-3-4-12(14(17)19)18(20)21/h3-6,8-9H,2,7,10H2,1H3,(H,15,16). The van der Waals surface area contributed by atoms with E-state index in [2.05, 4.69) is 17.2 Å². The van der Waals surface area contributed by atoms with Crippen LogP contribution in [0, 0.1) is 10.1 Å². The van der Waals surface area contributed by atoms with Crippen molar-refractivity contribution >= 4 is 11.5 Å². The Morgan fingerprint density at radius 2 is 2.19 bits per heavy atom. The lowest BCUT2D eigenvalue weighted by Gasteiger charge is -2.07. The fourth-order valence-electron chi connectivity index (χ4n) is 1.86. The van der Waals surface area contributed by atoms with Crippen molar-refractivity contribution in [2.75, 3.05) is 11.9 Å². The smallest absolute Gasteiger partial charge is 0.334 e. The van der Waals surface area contributed by atoms with E-state index in [4.69, 9.17) is 0 Å². The second-order valence-electron chi connectivity index (χ2n) is 4.56. The van der Waals surface area contributed by atoms with E-state index < -0.39 is 16.2 Å². The van der Waals surface area contributed by atoms with Crippen molar-refractivity contribution in [3.63, 3.8) is 0 Å². The number of aromatic nitrogens is 2. The van der Waals surface area contributed by atoms with Crippen molar-refractivity contribution < 1.29 is 4.92 Å². The second-order valence-corrected chi connectivity index (χ2v) is 4.56. The first-order valence-electron chi connectivity index (χ1n) is 6.64. The average Bonchev–Trinajstić information content (AvgIpc) is 2.48. The first-order valence-corrected chi connectivity index (χ1v) is 6.64. The van der Waals surface area contributed by atoms with E-state index in [1.54, 1.807) is 6.20 Å². The molecule has 0 radical (unpaired) electrons. The van der Waals surface area contributed by atoms with Gasteiger partial charge in [0.05, 0.1) is 11.5 Å². The molecule has 0 saturated carbocycles. The van der Waals surface area contributed by atoms with Crippen molar-refractivity contribution in [1.29, 1.82) is 0 Å². The minimum Gasteiger partial charge on any atom is -0.370 e. The quantitative estimate of drug-likeness (QED) is 0.648. The van der Waals surface area contributed by atoms with Gasteiger partial charge in [0.1, 0.15) is 5.82 Å². The van der Waals surface area contributed by atoms with Gasteiger partial charge in [0.2, 0.25) is 0 Å². The Hall–Kier alpha value is -2.70. The van der Waals surface area contributed by atoms with Gasteiger partial charge in [-0.3, -0.25) is 14.9 Å². The molecule has 0 unspecified atom stereocenters. The Bertz CT molecular complexity index is 679. The van der Waals surface area contributed by atoms with Gasteiger partial charge >= 0.3 is 11.2 Å². The topological polar surface area (TPSA) is 90.1 Å². The molecule has 0 saturated heterocycles. The highest BCUT2D eigenvalue weighted by molar-refractivity contribution is 5.35. The number of anilines is 1. The van der Waals surface area contributed by atoms with Crippen molar-refractivity contribution in [3.8, 4) is 0 Å². The zero-order chi connectivity index (χ0) is 15.2. The van der Waals surface area contributed by atoms with Gasteiger partial charge < -0.3 is 9.88 Å². The molecular formula is C14H16N4O3. The van der Waals surface area contributed by atoms with Crippen molar-refractivity contribution in [1.82, 2.24) is 9.55 Å². The summed E-state index contributed by atoms with van der Waals surface area (Å²) in [6.07, 6.45) is 4.19. The lowest BCUT2D eigenvalue weighted by molar-refractivity contribution is -0.386. The monoisotopic (exact) mass is 288 g/mol. The Morgan fingerprint density at radius 1 is 1.38 bits per heavy atom. The molecule has 2 heterocycles. The maximum absolute atomic E-state index is 11.9. The van der Waals surface area contributed by atoms with Gasteiger partial charge in [-0.15, -0.1) is 0 Å². The molecule has 0 aliphatic carbocycles. The molecule has 2 rings (SSSR count). The SMILES string of the molecule is CCCNc1ccc(Cn2cccc([N+](=O)[O-])c2=O)cn1. The number of nitro groups is 1. The predicted molar refractivity (Wildman–Crippen MR) is 79.5 cm³/mol. The first kappa shape index (κ1) is 14.7. The molecule has 21 heavy (non-hydrogen) atoms. The Balaban J connectivity index is 2.17. The minimum absolute atomic E-state index is 0.252. The van der Waals surface area contributed by atoms with Gasteiger partial charge in [0.15, 0.2) is 0 Å². The first-order chi connectivity index (χ1) is 10.1. The van der Waals surface area contributed by atoms with Gasteiger partial charge in [-0.1, -0.05) is 13.0 Å². The largest absolute Gasteiger partial charge is 0.370 e. The number of nitrogens with one attached hydrogen (secondary N) is 1. The van der Waals surface area contributed by atoms with Crippen LogP contribution in [0.4, 0.5) is 11.5 Å². The number of hydrogen-bond donors (Lipinski definition) is 1. The highest BCUT2D eigenvalue weighted by Crippen LogP contribution is 2.08. The maximum atomic E-state index is 11.9. The van der Waals surface area contributed by atoms with E-state index in [0.717, 1.165) is 24.3 Å². The van der Waals surface area contributed by atoms with E-state index in [0.29, 0.717) is 0 Å². The van der Waals surface area contributed by atoms with Crippen LogP contribution in [0.3, 0.4) is 0 Å². The van der Waals surface area contributed by atoms with E-state index in [1.807, 2.05) is 12.1 Å². The number of hydrogen-bond acceptors (Lipinski definition) is 5. The van der Waals surface area contributed by atoms with E-state index in [9.17, 15) is 14.9 Å². The van der Waals surface area contributed by atoms with E-state index >= 15 is 0 Å². The van der Waals surface area contributed by atoms with Crippen molar-refractivity contribution in [2.24, 2.45) is 0 Å². The number of rotatable bonds is 6. The summed E-state index contributed by atoms with van der Waals surface area (Å²) < 4.78 is 1.30. The van der Waals surface area contributed by atoms with Crippen LogP contribution in [0.15, 0.2) is 41.5 Å². The normalized spacial score (nSPS) is 10.3. The Kier molecular flexibility index (Phi) is 4.65. The summed E-state index contributed by atoms with van der Waals surface area (Å²) in [6.45, 7) is 3.16. The zero-order valence-electron chi connectivity index (χ0n) is 11.7. The van der Waals surface area contributed by atoms with Crippen LogP contribution in [0.2, 0.25) is 0 Å². The third kappa shape index (κ3) is 3.65. The zero-order valence-corrected chi connectivity index (χ0v) is 11.7. The molecule has 2 aromatic rings. The van der Waals surface area contributed by atoms with Gasteiger partial charge in [-0.25, -0.2) is 4.98 Å². The van der Waals surface area contributed by atoms with Crippen LogP contribution in [0.1, 0.15) is 18.9 Å². The van der Waals surface area contributed by atoms with E-state index in [1.165, 1.54) is 22.9 Å². The lowest BCUT2D eigenvalue weighted by atomic mass is 10.2. The summed E-state index contributed by atoms with van der Waals surface area (Å²) in [5, 5.41) is 13.9. The average molecular weight is 288 g/mol. The molecule has 0 spiro atoms. The van der Waals surface area contributed by atoms with Gasteiger partial charge in [0, 0.05) is 25.0 Å². The summed E-state index contributed by atoms with van der Waals surface area (Å²) in [7, 11) is 0. The summed E-state index contributed by atoms with van der Waals surface area (Å²) >= 11 is 0. The maximum Gasteiger partial charge on any atom is 0.334 e.